The lowest BCUT2D eigenvalue weighted by Crippen LogP contribution is -2.36. The van der Waals surface area contributed by atoms with E-state index in [9.17, 15) is 9.59 Å². The molecule has 2 aromatic carbocycles. The van der Waals surface area contributed by atoms with Gasteiger partial charge in [0.2, 0.25) is 0 Å². The van der Waals surface area contributed by atoms with Crippen LogP contribution in [0.2, 0.25) is 0 Å². The molecule has 2 unspecified atom stereocenters. The molecule has 0 bridgehead atoms. The Morgan fingerprint density at radius 3 is 2.22 bits per heavy atom. The molecule has 2 aromatic rings. The van der Waals surface area contributed by atoms with E-state index in [1.54, 1.807) is 24.3 Å². The van der Waals surface area contributed by atoms with Gasteiger partial charge in [-0.15, -0.1) is 0 Å². The molecule has 0 aromatic heterocycles. The van der Waals surface area contributed by atoms with E-state index >= 15 is 0 Å². The van der Waals surface area contributed by atoms with E-state index in [0.29, 0.717) is 17.0 Å². The highest BCUT2D eigenvalue weighted by molar-refractivity contribution is 6.21. The topological polar surface area (TPSA) is 59.1 Å². The molecule has 6 nitrogen and oxygen atoms in total. The zero-order valence-corrected chi connectivity index (χ0v) is 22.0. The Bertz CT molecular complexity index is 1010. The van der Waals surface area contributed by atoms with Gasteiger partial charge < -0.3 is 14.4 Å². The number of unbranched alkanes of at least 4 members (excludes halogenated alkanes) is 1. The molecule has 0 spiro atoms. The number of ether oxygens (including phenoxy) is 2. The summed E-state index contributed by atoms with van der Waals surface area (Å²) in [4.78, 5) is 30.1. The van der Waals surface area contributed by atoms with Crippen LogP contribution < -0.4 is 0 Å². The summed E-state index contributed by atoms with van der Waals surface area (Å²) >= 11 is 0. The Labute approximate surface area is 215 Å². The van der Waals surface area contributed by atoms with Crippen LogP contribution in [-0.2, 0) is 22.3 Å². The predicted molar refractivity (Wildman–Crippen MR) is 141 cm³/mol. The molecular formula is C30H40N2O4. The molecule has 36 heavy (non-hydrogen) atoms. The van der Waals surface area contributed by atoms with E-state index < -0.39 is 6.23 Å². The van der Waals surface area contributed by atoms with Gasteiger partial charge in [0.1, 0.15) is 6.79 Å². The van der Waals surface area contributed by atoms with E-state index in [4.69, 9.17) is 9.47 Å². The van der Waals surface area contributed by atoms with Crippen LogP contribution in [0.25, 0.3) is 0 Å². The Morgan fingerprint density at radius 1 is 0.917 bits per heavy atom. The van der Waals surface area contributed by atoms with Gasteiger partial charge >= 0.3 is 0 Å². The third-order valence-corrected chi connectivity index (χ3v) is 7.35. The molecular weight excluding hydrogens is 452 g/mol. The van der Waals surface area contributed by atoms with Crippen molar-refractivity contribution >= 4 is 11.8 Å². The number of hydrogen-bond donors (Lipinski definition) is 0. The summed E-state index contributed by atoms with van der Waals surface area (Å²) in [6.07, 6.45) is 7.50. The molecule has 2 amide bonds. The van der Waals surface area contributed by atoms with Gasteiger partial charge in [0.25, 0.3) is 11.8 Å². The minimum Gasteiger partial charge on any atom is -0.359 e. The van der Waals surface area contributed by atoms with Crippen LogP contribution in [0.4, 0.5) is 0 Å². The molecule has 6 heteroatoms. The average molecular weight is 493 g/mol. The van der Waals surface area contributed by atoms with Crippen LogP contribution in [0.3, 0.4) is 0 Å². The summed E-state index contributed by atoms with van der Waals surface area (Å²) in [5, 5.41) is 0. The van der Waals surface area contributed by atoms with E-state index in [1.165, 1.54) is 74.9 Å². The van der Waals surface area contributed by atoms with Gasteiger partial charge in [0, 0.05) is 12.7 Å². The molecule has 0 fully saturated rings. The highest BCUT2D eigenvalue weighted by atomic mass is 16.7. The van der Waals surface area contributed by atoms with Crippen LogP contribution in [0.1, 0.15) is 89.6 Å². The minimum atomic E-state index is -0.815. The maximum atomic E-state index is 13.1. The molecule has 2 atom stereocenters. The normalized spacial score (nSPS) is 17.7. The number of carbonyl (C=O) groups is 2. The number of fused-ring (bicyclic) bond motifs is 2. The van der Waals surface area contributed by atoms with Crippen molar-refractivity contribution < 1.29 is 19.1 Å². The molecule has 4 rings (SSSR count). The Hall–Kier alpha value is -2.54. The van der Waals surface area contributed by atoms with Crippen molar-refractivity contribution in [2.24, 2.45) is 5.92 Å². The Balaban J connectivity index is 1.41. The van der Waals surface area contributed by atoms with Gasteiger partial charge in [0.05, 0.1) is 11.1 Å². The van der Waals surface area contributed by atoms with Gasteiger partial charge in [-0.1, -0.05) is 50.6 Å². The first kappa shape index (κ1) is 26.5. The van der Waals surface area contributed by atoms with Crippen LogP contribution in [0.15, 0.2) is 42.5 Å². The maximum Gasteiger partial charge on any atom is 0.263 e. The van der Waals surface area contributed by atoms with Crippen molar-refractivity contribution in [1.29, 1.82) is 0 Å². The molecule has 1 heterocycles. The first-order chi connectivity index (χ1) is 17.6. The molecule has 0 saturated heterocycles. The van der Waals surface area contributed by atoms with Crippen molar-refractivity contribution in [3.8, 4) is 0 Å². The number of benzene rings is 2. The third-order valence-electron chi connectivity index (χ3n) is 7.35. The van der Waals surface area contributed by atoms with Crippen LogP contribution in [0.5, 0.6) is 0 Å². The second-order valence-electron chi connectivity index (χ2n) is 10.1. The largest absolute Gasteiger partial charge is 0.359 e. The number of nitrogens with zero attached hydrogens (tertiary/aromatic N) is 2. The van der Waals surface area contributed by atoms with Gasteiger partial charge in [-0.25, -0.2) is 4.90 Å². The van der Waals surface area contributed by atoms with Gasteiger partial charge in [-0.3, -0.25) is 9.59 Å². The maximum absolute atomic E-state index is 13.1. The van der Waals surface area contributed by atoms with Crippen molar-refractivity contribution in [1.82, 2.24) is 9.80 Å². The van der Waals surface area contributed by atoms with E-state index in [1.807, 2.05) is 6.07 Å². The molecule has 0 radical (unpaired) electrons. The fourth-order valence-corrected chi connectivity index (χ4v) is 5.70. The Morgan fingerprint density at radius 2 is 1.58 bits per heavy atom. The van der Waals surface area contributed by atoms with Gasteiger partial charge in [-0.05, 0) is 87.3 Å². The van der Waals surface area contributed by atoms with E-state index in [2.05, 4.69) is 30.9 Å². The number of methoxy groups -OCH3 is 1. The fraction of sp³-hybridized carbons (Fsp3) is 0.533. The van der Waals surface area contributed by atoms with E-state index in [0.717, 1.165) is 18.4 Å². The lowest BCUT2D eigenvalue weighted by atomic mass is 9.99. The molecule has 2 aliphatic rings. The second-order valence-corrected chi connectivity index (χ2v) is 10.1. The number of amides is 2. The van der Waals surface area contributed by atoms with Crippen molar-refractivity contribution in [2.75, 3.05) is 33.5 Å². The average Bonchev–Trinajstić information content (AvgIpc) is 3.41. The van der Waals surface area contributed by atoms with Crippen molar-refractivity contribution in [2.45, 2.75) is 65.0 Å². The number of carbonyl (C=O) groups excluding carboxylic acids is 2. The SMILES string of the molecule is CCCN(CCC)CCCCC1Cc2ccc(C(OCOC)N3C(=O)c4ccccc4C3=O)cc2C1. The summed E-state index contributed by atoms with van der Waals surface area (Å²) in [7, 11) is 1.54. The predicted octanol–water partition coefficient (Wildman–Crippen LogP) is 5.61. The van der Waals surface area contributed by atoms with E-state index in [-0.39, 0.29) is 18.6 Å². The third kappa shape index (κ3) is 5.88. The molecule has 0 saturated carbocycles. The number of imide groups is 1. The first-order valence-corrected chi connectivity index (χ1v) is 13.5. The first-order valence-electron chi connectivity index (χ1n) is 13.5. The lowest BCUT2D eigenvalue weighted by Gasteiger charge is -2.26. The van der Waals surface area contributed by atoms with Gasteiger partial charge in [0.15, 0.2) is 6.23 Å². The summed E-state index contributed by atoms with van der Waals surface area (Å²) in [6, 6.07) is 13.2. The second kappa shape index (κ2) is 12.6. The highest BCUT2D eigenvalue weighted by Crippen LogP contribution is 2.36. The molecule has 0 N–H and O–H groups in total. The molecule has 1 aliphatic carbocycles. The standard InChI is InChI=1S/C30H40N2O4/c1-4-15-31(16-5-2)17-9-8-10-22-18-23-13-14-24(20-25(23)19-22)30(36-21-35-3)32-28(33)26-11-6-7-12-27(26)29(32)34/h6-7,11-14,20,22,30H,4-5,8-10,15-19,21H2,1-3H3. The quantitative estimate of drug-likeness (QED) is 0.195. The highest BCUT2D eigenvalue weighted by Gasteiger charge is 2.41. The zero-order valence-electron chi connectivity index (χ0n) is 22.0. The van der Waals surface area contributed by atoms with Crippen LogP contribution >= 0.6 is 0 Å². The monoisotopic (exact) mass is 492 g/mol. The fourth-order valence-electron chi connectivity index (χ4n) is 5.70. The molecule has 1 aliphatic heterocycles. The lowest BCUT2D eigenvalue weighted by molar-refractivity contribution is -0.112. The van der Waals surface area contributed by atoms with Gasteiger partial charge in [-0.2, -0.15) is 0 Å². The van der Waals surface area contributed by atoms with Crippen LogP contribution in [-0.4, -0.2) is 55.2 Å². The summed E-state index contributed by atoms with van der Waals surface area (Å²) < 4.78 is 11.1. The smallest absolute Gasteiger partial charge is 0.263 e. The summed E-state index contributed by atoms with van der Waals surface area (Å²) in [5.74, 6) is 0.00392. The Kier molecular flexibility index (Phi) is 9.30. The minimum absolute atomic E-state index is 0.00907. The number of rotatable bonds is 14. The summed E-state index contributed by atoms with van der Waals surface area (Å²) in [6.45, 7) is 8.10. The van der Waals surface area contributed by atoms with Crippen molar-refractivity contribution in [3.63, 3.8) is 0 Å². The van der Waals surface area contributed by atoms with Crippen LogP contribution in [0, 0.1) is 5.92 Å². The summed E-state index contributed by atoms with van der Waals surface area (Å²) in [5.41, 5.74) is 4.34. The molecule has 194 valence electrons. The number of hydrogen-bond acceptors (Lipinski definition) is 5. The zero-order chi connectivity index (χ0) is 25.5. The van der Waals surface area contributed by atoms with Crippen molar-refractivity contribution in [3.05, 3.63) is 70.3 Å².